The minimum absolute atomic E-state index is 0.0704. The monoisotopic (exact) mass is 455 g/mol. The molecule has 1 unspecified atom stereocenters. The summed E-state index contributed by atoms with van der Waals surface area (Å²) in [4.78, 5) is 13.8. The van der Waals surface area contributed by atoms with Crippen LogP contribution in [0.4, 0.5) is 5.00 Å². The second-order valence-corrected chi connectivity index (χ2v) is 10.7. The summed E-state index contributed by atoms with van der Waals surface area (Å²) in [5.74, 6) is 0.997. The van der Waals surface area contributed by atoms with Crippen molar-refractivity contribution < 1.29 is 9.53 Å². The molecule has 2 N–H and O–H groups in total. The molecular formula is C24H29N3O2S2. The van der Waals surface area contributed by atoms with Gasteiger partial charge < -0.3 is 10.1 Å². The van der Waals surface area contributed by atoms with Gasteiger partial charge >= 0.3 is 0 Å². The SMILES string of the molecule is CC(C)Oc1ccc(C(=O)NC(=S)Nc2sc3c(c2C#N)CCC(C(C)(C)C)C3)cc1. The number of amides is 1. The van der Waals surface area contributed by atoms with Crippen LogP contribution in [0.15, 0.2) is 24.3 Å². The summed E-state index contributed by atoms with van der Waals surface area (Å²) < 4.78 is 5.60. The summed E-state index contributed by atoms with van der Waals surface area (Å²) in [6.07, 6.45) is 3.03. The molecule has 1 aromatic carbocycles. The number of thiophene rings is 1. The molecule has 7 heteroatoms. The van der Waals surface area contributed by atoms with E-state index in [1.54, 1.807) is 35.6 Å². The van der Waals surface area contributed by atoms with Crippen molar-refractivity contribution in [2.75, 3.05) is 5.32 Å². The summed E-state index contributed by atoms with van der Waals surface area (Å²) in [6, 6.07) is 9.26. The number of hydrogen-bond acceptors (Lipinski definition) is 5. The molecule has 1 aliphatic carbocycles. The fraction of sp³-hybridized carbons (Fsp3) is 0.458. The van der Waals surface area contributed by atoms with Gasteiger partial charge in [0.1, 0.15) is 16.8 Å². The molecule has 0 saturated carbocycles. The molecule has 0 radical (unpaired) electrons. The first-order valence-electron chi connectivity index (χ1n) is 10.5. The van der Waals surface area contributed by atoms with Crippen LogP contribution in [-0.4, -0.2) is 17.1 Å². The van der Waals surface area contributed by atoms with Crippen LogP contribution in [0.5, 0.6) is 5.75 Å². The van der Waals surface area contributed by atoms with Crippen molar-refractivity contribution >= 4 is 39.6 Å². The lowest BCUT2D eigenvalue weighted by Crippen LogP contribution is -2.34. The Morgan fingerprint density at radius 2 is 1.97 bits per heavy atom. The van der Waals surface area contributed by atoms with Crippen molar-refractivity contribution in [3.05, 3.63) is 45.8 Å². The third-order valence-corrected chi connectivity index (χ3v) is 6.92. The highest BCUT2D eigenvalue weighted by Gasteiger charge is 2.32. The maximum Gasteiger partial charge on any atom is 0.257 e. The van der Waals surface area contributed by atoms with Gasteiger partial charge in [0.15, 0.2) is 5.11 Å². The third kappa shape index (κ3) is 5.63. The zero-order valence-electron chi connectivity index (χ0n) is 18.7. The Kier molecular flexibility index (Phi) is 7.03. The summed E-state index contributed by atoms with van der Waals surface area (Å²) >= 11 is 6.93. The van der Waals surface area contributed by atoms with E-state index in [4.69, 9.17) is 17.0 Å². The highest BCUT2D eigenvalue weighted by molar-refractivity contribution is 7.80. The van der Waals surface area contributed by atoms with E-state index in [1.165, 1.54) is 4.88 Å². The van der Waals surface area contributed by atoms with Crippen LogP contribution in [0, 0.1) is 22.7 Å². The third-order valence-electron chi connectivity index (χ3n) is 5.54. The summed E-state index contributed by atoms with van der Waals surface area (Å²) in [6.45, 7) is 10.7. The number of hydrogen-bond donors (Lipinski definition) is 2. The van der Waals surface area contributed by atoms with Crippen LogP contribution in [0.3, 0.4) is 0 Å². The van der Waals surface area contributed by atoms with E-state index in [1.807, 2.05) is 13.8 Å². The molecule has 0 bridgehead atoms. The molecule has 164 valence electrons. The molecule has 0 spiro atoms. The minimum atomic E-state index is -0.304. The number of nitriles is 1. The molecular weight excluding hydrogens is 426 g/mol. The fourth-order valence-corrected chi connectivity index (χ4v) is 5.34. The molecule has 1 amide bonds. The fourth-order valence-electron chi connectivity index (χ4n) is 3.80. The lowest BCUT2D eigenvalue weighted by Gasteiger charge is -2.33. The highest BCUT2D eigenvalue weighted by Crippen LogP contribution is 2.43. The van der Waals surface area contributed by atoms with Crippen molar-refractivity contribution in [3.63, 3.8) is 0 Å². The first-order chi connectivity index (χ1) is 14.6. The number of thiocarbonyl (C=S) groups is 1. The predicted octanol–water partition coefficient (Wildman–Crippen LogP) is 5.68. The quantitative estimate of drug-likeness (QED) is 0.580. The van der Waals surface area contributed by atoms with Crippen molar-refractivity contribution in [1.29, 1.82) is 5.26 Å². The topological polar surface area (TPSA) is 74.2 Å². The zero-order valence-corrected chi connectivity index (χ0v) is 20.3. The van der Waals surface area contributed by atoms with Gasteiger partial charge in [0.2, 0.25) is 0 Å². The first-order valence-corrected chi connectivity index (χ1v) is 11.7. The van der Waals surface area contributed by atoms with Crippen molar-refractivity contribution in [2.45, 2.75) is 60.0 Å². The summed E-state index contributed by atoms with van der Waals surface area (Å²) in [5, 5.41) is 16.4. The Balaban J connectivity index is 1.68. The minimum Gasteiger partial charge on any atom is -0.491 e. The second-order valence-electron chi connectivity index (χ2n) is 9.22. The number of anilines is 1. The van der Waals surface area contributed by atoms with Crippen molar-refractivity contribution in [3.8, 4) is 11.8 Å². The van der Waals surface area contributed by atoms with Gasteiger partial charge in [-0.15, -0.1) is 11.3 Å². The Bertz CT molecular complexity index is 1010. The number of rotatable bonds is 4. The van der Waals surface area contributed by atoms with E-state index >= 15 is 0 Å². The van der Waals surface area contributed by atoms with E-state index < -0.39 is 0 Å². The number of carbonyl (C=O) groups excluding carboxylic acids is 1. The van der Waals surface area contributed by atoms with Gasteiger partial charge in [-0.3, -0.25) is 10.1 Å². The molecule has 31 heavy (non-hydrogen) atoms. The molecule has 0 saturated heterocycles. The van der Waals surface area contributed by atoms with Crippen LogP contribution < -0.4 is 15.4 Å². The summed E-state index contributed by atoms with van der Waals surface area (Å²) in [5.41, 5.74) is 2.50. The second kappa shape index (κ2) is 9.37. The molecule has 1 heterocycles. The molecule has 0 fully saturated rings. The predicted molar refractivity (Wildman–Crippen MR) is 130 cm³/mol. The molecule has 1 aliphatic rings. The standard InChI is InChI=1S/C24H29N3O2S2/c1-14(2)29-17-9-6-15(7-10-17)21(28)26-23(30)27-22-19(13-25)18-11-8-16(24(3,4)5)12-20(18)31-22/h6-7,9-10,14,16H,8,11-12H2,1-5H3,(H2,26,27,28,30). The smallest absolute Gasteiger partial charge is 0.257 e. The zero-order chi connectivity index (χ0) is 22.8. The number of carbonyl (C=O) groups is 1. The molecule has 1 atom stereocenters. The van der Waals surface area contributed by atoms with E-state index in [9.17, 15) is 10.1 Å². The van der Waals surface area contributed by atoms with Crippen LogP contribution in [-0.2, 0) is 12.8 Å². The van der Waals surface area contributed by atoms with Crippen LogP contribution in [0.2, 0.25) is 0 Å². The van der Waals surface area contributed by atoms with Crippen LogP contribution in [0.25, 0.3) is 0 Å². The number of nitrogens with zero attached hydrogens (tertiary/aromatic N) is 1. The van der Waals surface area contributed by atoms with E-state index in [2.05, 4.69) is 37.5 Å². The first kappa shape index (κ1) is 23.2. The lowest BCUT2D eigenvalue weighted by molar-refractivity contribution is 0.0977. The van der Waals surface area contributed by atoms with Gasteiger partial charge in [0.25, 0.3) is 5.91 Å². The Morgan fingerprint density at radius 1 is 1.29 bits per heavy atom. The van der Waals surface area contributed by atoms with Gasteiger partial charge in [-0.2, -0.15) is 5.26 Å². The lowest BCUT2D eigenvalue weighted by atomic mass is 9.72. The largest absolute Gasteiger partial charge is 0.491 e. The molecule has 5 nitrogen and oxygen atoms in total. The number of fused-ring (bicyclic) bond motifs is 1. The average molecular weight is 456 g/mol. The average Bonchev–Trinajstić information content (AvgIpc) is 3.03. The van der Waals surface area contributed by atoms with E-state index in [-0.39, 0.29) is 22.5 Å². The molecule has 3 rings (SSSR count). The maximum atomic E-state index is 12.5. The Morgan fingerprint density at radius 3 is 2.55 bits per heavy atom. The molecule has 0 aliphatic heterocycles. The van der Waals surface area contributed by atoms with Gasteiger partial charge in [-0.25, -0.2) is 0 Å². The van der Waals surface area contributed by atoms with Gasteiger partial charge in [-0.1, -0.05) is 20.8 Å². The Labute approximate surface area is 193 Å². The van der Waals surface area contributed by atoms with Crippen LogP contribution in [0.1, 0.15) is 67.4 Å². The van der Waals surface area contributed by atoms with Crippen molar-refractivity contribution in [2.24, 2.45) is 11.3 Å². The van der Waals surface area contributed by atoms with Gasteiger partial charge in [0.05, 0.1) is 11.7 Å². The van der Waals surface area contributed by atoms with E-state index in [0.29, 0.717) is 27.8 Å². The normalized spacial score (nSPS) is 15.7. The van der Waals surface area contributed by atoms with Gasteiger partial charge in [-0.05, 0) is 86.5 Å². The maximum absolute atomic E-state index is 12.5. The number of benzene rings is 1. The van der Waals surface area contributed by atoms with Crippen LogP contribution >= 0.6 is 23.6 Å². The molecule has 2 aromatic rings. The summed E-state index contributed by atoms with van der Waals surface area (Å²) in [7, 11) is 0. The Hall–Kier alpha value is -2.43. The molecule has 1 aromatic heterocycles. The highest BCUT2D eigenvalue weighted by atomic mass is 32.1. The van der Waals surface area contributed by atoms with E-state index in [0.717, 1.165) is 24.8 Å². The number of ether oxygens (including phenoxy) is 1. The van der Waals surface area contributed by atoms with Gasteiger partial charge in [0, 0.05) is 10.4 Å². The van der Waals surface area contributed by atoms with Crippen molar-refractivity contribution in [1.82, 2.24) is 5.32 Å². The number of nitrogens with one attached hydrogen (secondary N) is 2.